The van der Waals surface area contributed by atoms with E-state index in [1.807, 2.05) is 56.3 Å². The van der Waals surface area contributed by atoms with Gasteiger partial charge in [0.1, 0.15) is 0 Å². The van der Waals surface area contributed by atoms with Gasteiger partial charge in [-0.25, -0.2) is 9.97 Å². The van der Waals surface area contributed by atoms with Gasteiger partial charge in [-0.2, -0.15) is 0 Å². The first kappa shape index (κ1) is 18.6. The van der Waals surface area contributed by atoms with Crippen molar-refractivity contribution >= 4 is 23.2 Å². The zero-order valence-corrected chi connectivity index (χ0v) is 16.1. The zero-order chi connectivity index (χ0) is 19.4. The number of nitrogens with zero attached hydrogens (tertiary/aromatic N) is 2. The lowest BCUT2D eigenvalue weighted by Gasteiger charge is -2.11. The van der Waals surface area contributed by atoms with E-state index in [1.54, 1.807) is 0 Å². The number of benzene rings is 2. The molecule has 0 unspecified atom stereocenters. The van der Waals surface area contributed by atoms with E-state index >= 15 is 0 Å². The predicted octanol–water partition coefficient (Wildman–Crippen LogP) is 5.21. The summed E-state index contributed by atoms with van der Waals surface area (Å²) in [6.07, 6.45) is 3.06. The van der Waals surface area contributed by atoms with Crippen molar-refractivity contribution in [3.8, 4) is 0 Å². The second kappa shape index (κ2) is 7.99. The van der Waals surface area contributed by atoms with Gasteiger partial charge < -0.3 is 10.6 Å². The summed E-state index contributed by atoms with van der Waals surface area (Å²) in [6.45, 7) is 8.33. The third-order valence-electron chi connectivity index (χ3n) is 4.47. The normalized spacial score (nSPS) is 10.7. The molecule has 1 amide bonds. The van der Waals surface area contributed by atoms with Crippen LogP contribution in [0.1, 0.15) is 46.8 Å². The zero-order valence-electron chi connectivity index (χ0n) is 16.1. The Morgan fingerprint density at radius 1 is 0.926 bits per heavy atom. The van der Waals surface area contributed by atoms with Crippen LogP contribution in [0.15, 0.2) is 54.9 Å². The largest absolute Gasteiger partial charge is 0.324 e. The molecule has 5 nitrogen and oxygen atoms in total. The highest BCUT2D eigenvalue weighted by atomic mass is 16.1. The number of hydrogen-bond acceptors (Lipinski definition) is 4. The fourth-order valence-corrected chi connectivity index (χ4v) is 2.79. The lowest BCUT2D eigenvalue weighted by Crippen LogP contribution is -2.13. The third-order valence-corrected chi connectivity index (χ3v) is 4.47. The summed E-state index contributed by atoms with van der Waals surface area (Å²) >= 11 is 0. The highest BCUT2D eigenvalue weighted by molar-refractivity contribution is 6.03. The van der Waals surface area contributed by atoms with Crippen molar-refractivity contribution < 1.29 is 4.79 Å². The maximum atomic E-state index is 12.4. The van der Waals surface area contributed by atoms with Crippen LogP contribution < -0.4 is 10.6 Å². The Bertz CT molecular complexity index is 911. The first-order valence-electron chi connectivity index (χ1n) is 9.00. The maximum absolute atomic E-state index is 12.4. The van der Waals surface area contributed by atoms with Gasteiger partial charge in [0.25, 0.3) is 5.91 Å². The molecule has 0 radical (unpaired) electrons. The quantitative estimate of drug-likeness (QED) is 0.655. The van der Waals surface area contributed by atoms with Crippen LogP contribution in [-0.4, -0.2) is 15.9 Å². The minimum absolute atomic E-state index is 0.231. The number of carbonyl (C=O) groups excluding carboxylic acids is 1. The van der Waals surface area contributed by atoms with Gasteiger partial charge >= 0.3 is 0 Å². The molecule has 138 valence electrons. The molecular formula is C22H24N4O. The number of anilines is 3. The molecule has 0 saturated carbocycles. The number of aromatic nitrogens is 2. The van der Waals surface area contributed by atoms with Crippen LogP contribution in [-0.2, 0) is 0 Å². The molecular weight excluding hydrogens is 336 g/mol. The Balaban J connectivity index is 1.68. The molecule has 0 bridgehead atoms. The lowest BCUT2D eigenvalue weighted by molar-refractivity contribution is 0.102. The number of aryl methyl sites for hydroxylation is 2. The van der Waals surface area contributed by atoms with E-state index in [0.29, 0.717) is 17.4 Å². The molecule has 1 aromatic heterocycles. The summed E-state index contributed by atoms with van der Waals surface area (Å²) in [5.41, 5.74) is 5.62. The molecule has 2 N–H and O–H groups in total. The van der Waals surface area contributed by atoms with Gasteiger partial charge in [0.15, 0.2) is 0 Å². The van der Waals surface area contributed by atoms with Crippen LogP contribution in [0.2, 0.25) is 0 Å². The first-order valence-corrected chi connectivity index (χ1v) is 9.00. The van der Waals surface area contributed by atoms with E-state index in [4.69, 9.17) is 0 Å². The van der Waals surface area contributed by atoms with Crippen molar-refractivity contribution in [2.24, 2.45) is 0 Å². The average Bonchev–Trinajstić information content (AvgIpc) is 2.66. The molecule has 0 fully saturated rings. The maximum Gasteiger partial charge on any atom is 0.258 e. The SMILES string of the molecule is Cc1cccc(C)c1Nc1ncc(C(=O)Nc2ccc(C(C)C)cc2)cn1. The summed E-state index contributed by atoms with van der Waals surface area (Å²) < 4.78 is 0. The fourth-order valence-electron chi connectivity index (χ4n) is 2.79. The van der Waals surface area contributed by atoms with E-state index in [-0.39, 0.29) is 5.91 Å². The van der Waals surface area contributed by atoms with E-state index in [2.05, 4.69) is 34.4 Å². The van der Waals surface area contributed by atoms with Crippen molar-refractivity contribution in [1.29, 1.82) is 0 Å². The van der Waals surface area contributed by atoms with Crippen molar-refractivity contribution in [3.05, 3.63) is 77.1 Å². The Kier molecular flexibility index (Phi) is 5.50. The van der Waals surface area contributed by atoms with Crippen LogP contribution >= 0.6 is 0 Å². The molecule has 0 spiro atoms. The minimum atomic E-state index is -0.231. The van der Waals surface area contributed by atoms with Gasteiger partial charge in [0, 0.05) is 23.8 Å². The third kappa shape index (κ3) is 4.50. The standard InChI is InChI=1S/C22H24N4O/c1-14(2)17-8-10-19(11-9-17)25-21(27)18-12-23-22(24-13-18)26-20-15(3)6-5-7-16(20)4/h5-14H,1-4H3,(H,25,27)(H,23,24,26). The molecule has 3 rings (SSSR count). The first-order chi connectivity index (χ1) is 12.9. The molecule has 0 atom stereocenters. The molecule has 0 aliphatic carbocycles. The molecule has 5 heteroatoms. The van der Waals surface area contributed by atoms with E-state index < -0.39 is 0 Å². The van der Waals surface area contributed by atoms with E-state index in [1.165, 1.54) is 18.0 Å². The smallest absolute Gasteiger partial charge is 0.258 e. The van der Waals surface area contributed by atoms with Gasteiger partial charge in [-0.15, -0.1) is 0 Å². The van der Waals surface area contributed by atoms with Crippen LogP contribution in [0, 0.1) is 13.8 Å². The number of para-hydroxylation sites is 1. The topological polar surface area (TPSA) is 66.9 Å². The molecule has 2 aromatic carbocycles. The van der Waals surface area contributed by atoms with Gasteiger partial charge in [0.05, 0.1) is 5.56 Å². The van der Waals surface area contributed by atoms with Crippen LogP contribution in [0.4, 0.5) is 17.3 Å². The lowest BCUT2D eigenvalue weighted by atomic mass is 10.0. The predicted molar refractivity (Wildman–Crippen MR) is 110 cm³/mol. The molecule has 1 heterocycles. The van der Waals surface area contributed by atoms with Crippen molar-refractivity contribution in [1.82, 2.24) is 9.97 Å². The Morgan fingerprint density at radius 2 is 1.52 bits per heavy atom. The van der Waals surface area contributed by atoms with Gasteiger partial charge in [-0.05, 0) is 48.6 Å². The van der Waals surface area contributed by atoms with E-state index in [9.17, 15) is 4.79 Å². The minimum Gasteiger partial charge on any atom is -0.324 e. The summed E-state index contributed by atoms with van der Waals surface area (Å²) in [4.78, 5) is 20.9. The second-order valence-electron chi connectivity index (χ2n) is 6.92. The summed E-state index contributed by atoms with van der Waals surface area (Å²) in [5, 5.41) is 6.09. The fraction of sp³-hybridized carbons (Fsp3) is 0.227. The van der Waals surface area contributed by atoms with Crippen LogP contribution in [0.25, 0.3) is 0 Å². The van der Waals surface area contributed by atoms with Crippen molar-refractivity contribution in [3.63, 3.8) is 0 Å². The Morgan fingerprint density at radius 3 is 2.07 bits per heavy atom. The number of hydrogen-bond donors (Lipinski definition) is 2. The summed E-state index contributed by atoms with van der Waals surface area (Å²) in [6, 6.07) is 13.9. The Hall–Kier alpha value is -3.21. The van der Waals surface area contributed by atoms with Crippen LogP contribution in [0.3, 0.4) is 0 Å². The van der Waals surface area contributed by atoms with Crippen molar-refractivity contribution in [2.75, 3.05) is 10.6 Å². The molecule has 27 heavy (non-hydrogen) atoms. The van der Waals surface area contributed by atoms with Gasteiger partial charge in [-0.1, -0.05) is 44.2 Å². The summed E-state index contributed by atoms with van der Waals surface area (Å²) in [7, 11) is 0. The average molecular weight is 360 g/mol. The highest BCUT2D eigenvalue weighted by Gasteiger charge is 2.09. The van der Waals surface area contributed by atoms with Crippen molar-refractivity contribution in [2.45, 2.75) is 33.6 Å². The van der Waals surface area contributed by atoms with Gasteiger partial charge in [0.2, 0.25) is 5.95 Å². The van der Waals surface area contributed by atoms with Gasteiger partial charge in [-0.3, -0.25) is 4.79 Å². The van der Waals surface area contributed by atoms with E-state index in [0.717, 1.165) is 22.5 Å². The molecule has 0 aliphatic rings. The number of carbonyl (C=O) groups is 1. The number of nitrogens with one attached hydrogen (secondary N) is 2. The summed E-state index contributed by atoms with van der Waals surface area (Å²) in [5.74, 6) is 0.691. The van der Waals surface area contributed by atoms with Crippen LogP contribution in [0.5, 0.6) is 0 Å². The monoisotopic (exact) mass is 360 g/mol. The number of amides is 1. The Labute approximate surface area is 159 Å². The molecule has 3 aromatic rings. The number of rotatable bonds is 5. The highest BCUT2D eigenvalue weighted by Crippen LogP contribution is 2.22. The molecule has 0 saturated heterocycles. The second-order valence-corrected chi connectivity index (χ2v) is 6.92. The molecule has 0 aliphatic heterocycles.